The number of aliphatic hydroxyl groups is 1. The highest BCUT2D eigenvalue weighted by atomic mass is 16.6. The van der Waals surface area contributed by atoms with Crippen LogP contribution in [0.25, 0.3) is 0 Å². The number of carbonyl (C=O) groups is 1. The molecule has 0 fully saturated rings. The molecule has 1 unspecified atom stereocenters. The van der Waals surface area contributed by atoms with Crippen molar-refractivity contribution in [1.29, 1.82) is 0 Å². The van der Waals surface area contributed by atoms with Crippen molar-refractivity contribution in [2.75, 3.05) is 18.1 Å². The van der Waals surface area contributed by atoms with E-state index in [0.29, 0.717) is 12.1 Å². The van der Waals surface area contributed by atoms with Crippen molar-refractivity contribution in [3.05, 3.63) is 69.8 Å². The van der Waals surface area contributed by atoms with Crippen molar-refractivity contribution in [3.63, 3.8) is 0 Å². The van der Waals surface area contributed by atoms with Crippen molar-refractivity contribution in [2.45, 2.75) is 6.42 Å². The lowest BCUT2D eigenvalue weighted by Crippen LogP contribution is -2.41. The molecule has 3 rings (SSSR count). The number of rotatable bonds is 3. The second-order valence-corrected chi connectivity index (χ2v) is 5.60. The van der Waals surface area contributed by atoms with Crippen molar-refractivity contribution < 1.29 is 14.8 Å². The molecule has 1 N–H and O–H groups in total. The summed E-state index contributed by atoms with van der Waals surface area (Å²) in [6.45, 7) is 0.446. The minimum Gasteiger partial charge on any atom is -0.396 e. The third-order valence-corrected chi connectivity index (χ3v) is 4.06. The Bertz CT molecular complexity index is 743. The number of hydrogen-bond acceptors (Lipinski definition) is 4. The molecule has 0 aromatic heterocycles. The molecule has 0 saturated carbocycles. The van der Waals surface area contributed by atoms with Gasteiger partial charge >= 0.3 is 0 Å². The Hall–Kier alpha value is -2.73. The van der Waals surface area contributed by atoms with Crippen LogP contribution in [0, 0.1) is 16.0 Å². The molecule has 1 aliphatic heterocycles. The SMILES string of the molecule is O=C(c1ccc([N+](=O)[O-])cc1)N1CC(CO)Cc2ccccc21. The average molecular weight is 312 g/mol. The van der Waals surface area contributed by atoms with Crippen LogP contribution in [-0.2, 0) is 6.42 Å². The van der Waals surface area contributed by atoms with Gasteiger partial charge in [-0.1, -0.05) is 18.2 Å². The summed E-state index contributed by atoms with van der Waals surface area (Å²) in [5.74, 6) is -0.225. The number of para-hydroxylation sites is 1. The molecule has 0 aliphatic carbocycles. The van der Waals surface area contributed by atoms with Crippen LogP contribution in [0.1, 0.15) is 15.9 Å². The van der Waals surface area contributed by atoms with Gasteiger partial charge in [0.1, 0.15) is 0 Å². The maximum atomic E-state index is 12.8. The van der Waals surface area contributed by atoms with E-state index >= 15 is 0 Å². The summed E-state index contributed by atoms with van der Waals surface area (Å²) in [4.78, 5) is 24.6. The van der Waals surface area contributed by atoms with E-state index in [0.717, 1.165) is 17.7 Å². The number of aliphatic hydroxyl groups excluding tert-OH is 1. The van der Waals surface area contributed by atoms with Gasteiger partial charge in [-0.2, -0.15) is 0 Å². The maximum absolute atomic E-state index is 12.8. The van der Waals surface area contributed by atoms with Gasteiger partial charge in [-0.05, 0) is 30.2 Å². The van der Waals surface area contributed by atoms with E-state index in [-0.39, 0.29) is 24.1 Å². The number of benzene rings is 2. The molecule has 2 aromatic rings. The largest absolute Gasteiger partial charge is 0.396 e. The van der Waals surface area contributed by atoms with Gasteiger partial charge in [0.05, 0.1) is 4.92 Å². The van der Waals surface area contributed by atoms with Crippen LogP contribution in [0.3, 0.4) is 0 Å². The first-order valence-electron chi connectivity index (χ1n) is 7.35. The lowest BCUT2D eigenvalue weighted by atomic mass is 9.92. The van der Waals surface area contributed by atoms with Crippen molar-refractivity contribution in [2.24, 2.45) is 5.92 Å². The summed E-state index contributed by atoms with van der Waals surface area (Å²) in [7, 11) is 0. The molecule has 1 heterocycles. The predicted molar refractivity (Wildman–Crippen MR) is 85.5 cm³/mol. The van der Waals surface area contributed by atoms with E-state index in [9.17, 15) is 20.0 Å². The van der Waals surface area contributed by atoms with E-state index in [4.69, 9.17) is 0 Å². The summed E-state index contributed by atoms with van der Waals surface area (Å²) in [5.41, 5.74) is 2.20. The molecule has 1 amide bonds. The minimum absolute atomic E-state index is 0.00750. The number of non-ortho nitro benzene ring substituents is 1. The van der Waals surface area contributed by atoms with Gasteiger partial charge in [0.25, 0.3) is 11.6 Å². The van der Waals surface area contributed by atoms with Gasteiger partial charge in [0.15, 0.2) is 0 Å². The normalized spacial score (nSPS) is 16.7. The van der Waals surface area contributed by atoms with Crippen molar-refractivity contribution in [1.82, 2.24) is 0 Å². The zero-order valence-corrected chi connectivity index (χ0v) is 12.4. The van der Waals surface area contributed by atoms with Crippen LogP contribution in [0.15, 0.2) is 48.5 Å². The number of nitro groups is 1. The van der Waals surface area contributed by atoms with Crippen LogP contribution in [-0.4, -0.2) is 29.1 Å². The Morgan fingerprint density at radius 3 is 2.57 bits per heavy atom. The predicted octanol–water partition coefficient (Wildman–Crippen LogP) is 2.41. The molecule has 6 nitrogen and oxygen atoms in total. The standard InChI is InChI=1S/C17H16N2O4/c20-11-12-9-14-3-1-2-4-16(14)18(10-12)17(21)13-5-7-15(8-6-13)19(22)23/h1-8,12,20H,9-11H2. The molecule has 118 valence electrons. The Kier molecular flexibility index (Phi) is 4.08. The highest BCUT2D eigenvalue weighted by molar-refractivity contribution is 6.06. The monoisotopic (exact) mass is 312 g/mol. The van der Waals surface area contributed by atoms with Gasteiger partial charge in [0, 0.05) is 42.5 Å². The topological polar surface area (TPSA) is 83.7 Å². The van der Waals surface area contributed by atoms with Gasteiger partial charge in [-0.25, -0.2) is 0 Å². The fraction of sp³-hybridized carbons (Fsp3) is 0.235. The quantitative estimate of drug-likeness (QED) is 0.697. The van der Waals surface area contributed by atoms with E-state index in [1.807, 2.05) is 24.3 Å². The fourth-order valence-corrected chi connectivity index (χ4v) is 2.88. The summed E-state index contributed by atoms with van der Waals surface area (Å²) >= 11 is 0. The smallest absolute Gasteiger partial charge is 0.269 e. The van der Waals surface area contributed by atoms with Crippen LogP contribution in [0.5, 0.6) is 0 Å². The van der Waals surface area contributed by atoms with Gasteiger partial charge < -0.3 is 10.0 Å². The molecular weight excluding hydrogens is 296 g/mol. The Morgan fingerprint density at radius 1 is 1.22 bits per heavy atom. The molecule has 6 heteroatoms. The Balaban J connectivity index is 1.93. The van der Waals surface area contributed by atoms with E-state index in [1.165, 1.54) is 24.3 Å². The number of nitro benzene ring substituents is 1. The number of anilines is 1. The first-order valence-corrected chi connectivity index (χ1v) is 7.35. The van der Waals surface area contributed by atoms with E-state index in [1.54, 1.807) is 4.90 Å². The summed E-state index contributed by atoms with van der Waals surface area (Å²) in [6.07, 6.45) is 0.733. The maximum Gasteiger partial charge on any atom is 0.269 e. The fourth-order valence-electron chi connectivity index (χ4n) is 2.88. The van der Waals surface area contributed by atoms with Gasteiger partial charge in [-0.3, -0.25) is 14.9 Å². The van der Waals surface area contributed by atoms with Crippen LogP contribution < -0.4 is 4.90 Å². The Labute approximate surface area is 133 Å². The van der Waals surface area contributed by atoms with Crippen molar-refractivity contribution >= 4 is 17.3 Å². The Morgan fingerprint density at radius 2 is 1.91 bits per heavy atom. The van der Waals surface area contributed by atoms with Gasteiger partial charge in [-0.15, -0.1) is 0 Å². The lowest BCUT2D eigenvalue weighted by molar-refractivity contribution is -0.384. The van der Waals surface area contributed by atoms with Crippen molar-refractivity contribution in [3.8, 4) is 0 Å². The second-order valence-electron chi connectivity index (χ2n) is 5.60. The zero-order valence-electron chi connectivity index (χ0n) is 12.4. The van der Waals surface area contributed by atoms with E-state index in [2.05, 4.69) is 0 Å². The van der Waals surface area contributed by atoms with Crippen LogP contribution in [0.2, 0.25) is 0 Å². The molecule has 0 radical (unpaired) electrons. The number of nitrogens with zero attached hydrogens (tertiary/aromatic N) is 2. The molecule has 1 atom stereocenters. The second kappa shape index (κ2) is 6.18. The number of carbonyl (C=O) groups excluding carboxylic acids is 1. The first-order chi connectivity index (χ1) is 11.1. The average Bonchev–Trinajstić information content (AvgIpc) is 2.60. The molecule has 0 saturated heterocycles. The van der Waals surface area contributed by atoms with E-state index < -0.39 is 4.92 Å². The van der Waals surface area contributed by atoms with Gasteiger partial charge in [0.2, 0.25) is 0 Å². The summed E-state index contributed by atoms with van der Waals surface area (Å²) in [6, 6.07) is 13.2. The molecule has 0 bridgehead atoms. The highest BCUT2D eigenvalue weighted by Crippen LogP contribution is 2.30. The van der Waals surface area contributed by atoms with Crippen LogP contribution in [0.4, 0.5) is 11.4 Å². The lowest BCUT2D eigenvalue weighted by Gasteiger charge is -2.34. The third kappa shape index (κ3) is 2.93. The molecule has 2 aromatic carbocycles. The first kappa shape index (κ1) is 15.2. The minimum atomic E-state index is -0.494. The zero-order chi connectivity index (χ0) is 16.4. The highest BCUT2D eigenvalue weighted by Gasteiger charge is 2.28. The molecule has 23 heavy (non-hydrogen) atoms. The summed E-state index contributed by atoms with van der Waals surface area (Å²) < 4.78 is 0. The molecule has 0 spiro atoms. The summed E-state index contributed by atoms with van der Waals surface area (Å²) in [5, 5.41) is 20.2. The number of hydrogen-bond donors (Lipinski definition) is 1. The van der Waals surface area contributed by atoms with Crippen LogP contribution >= 0.6 is 0 Å². The molecular formula is C17H16N2O4. The number of amides is 1. The number of fused-ring (bicyclic) bond motifs is 1. The third-order valence-electron chi connectivity index (χ3n) is 4.06. The molecule has 1 aliphatic rings.